The fourth-order valence-electron chi connectivity index (χ4n) is 2.41. The van der Waals surface area contributed by atoms with E-state index < -0.39 is 10.0 Å². The molecule has 2 aromatic rings. The standard InChI is InChI=1S/C18H20N2O4S/c1-4-20(25(3,23)24)17-10-8-14(9-11-17)18(22)19-16-7-5-6-15(12-16)13(2)21/h5-12H,4H2,1-3H3,(H,19,22). The van der Waals surface area contributed by atoms with Crippen molar-refractivity contribution in [1.82, 2.24) is 0 Å². The van der Waals surface area contributed by atoms with Gasteiger partial charge in [0, 0.05) is 23.4 Å². The molecule has 0 heterocycles. The Hall–Kier alpha value is -2.67. The first-order valence-corrected chi connectivity index (χ1v) is 9.57. The molecule has 0 spiro atoms. The van der Waals surface area contributed by atoms with Crippen molar-refractivity contribution in [2.45, 2.75) is 13.8 Å². The molecule has 0 unspecified atom stereocenters. The summed E-state index contributed by atoms with van der Waals surface area (Å²) in [6, 6.07) is 13.0. The number of carbonyl (C=O) groups is 2. The van der Waals surface area contributed by atoms with E-state index in [1.54, 1.807) is 55.5 Å². The molecule has 0 aliphatic heterocycles. The van der Waals surface area contributed by atoms with Crippen molar-refractivity contribution in [3.05, 3.63) is 59.7 Å². The van der Waals surface area contributed by atoms with Gasteiger partial charge in [0.05, 0.1) is 11.9 Å². The molecule has 2 aromatic carbocycles. The molecule has 0 radical (unpaired) electrons. The van der Waals surface area contributed by atoms with Crippen LogP contribution >= 0.6 is 0 Å². The molecule has 7 heteroatoms. The molecule has 1 amide bonds. The second kappa shape index (κ2) is 7.48. The third-order valence-corrected chi connectivity index (χ3v) is 4.90. The van der Waals surface area contributed by atoms with Gasteiger partial charge >= 0.3 is 0 Å². The highest BCUT2D eigenvalue weighted by atomic mass is 32.2. The van der Waals surface area contributed by atoms with E-state index in [1.807, 2.05) is 0 Å². The summed E-state index contributed by atoms with van der Waals surface area (Å²) < 4.78 is 24.7. The minimum absolute atomic E-state index is 0.0825. The van der Waals surface area contributed by atoms with Crippen molar-refractivity contribution in [2.24, 2.45) is 0 Å². The molecule has 0 fully saturated rings. The molecule has 25 heavy (non-hydrogen) atoms. The number of ketones is 1. The van der Waals surface area contributed by atoms with Gasteiger partial charge in [-0.1, -0.05) is 12.1 Å². The predicted molar refractivity (Wildman–Crippen MR) is 98.7 cm³/mol. The van der Waals surface area contributed by atoms with E-state index in [9.17, 15) is 18.0 Å². The van der Waals surface area contributed by atoms with Gasteiger partial charge in [0.2, 0.25) is 10.0 Å². The number of anilines is 2. The normalized spacial score (nSPS) is 11.0. The molecule has 6 nitrogen and oxygen atoms in total. The lowest BCUT2D eigenvalue weighted by molar-refractivity contribution is 0.101. The molecule has 0 saturated carbocycles. The van der Waals surface area contributed by atoms with Crippen LogP contribution in [0.1, 0.15) is 34.6 Å². The van der Waals surface area contributed by atoms with Crippen molar-refractivity contribution in [2.75, 3.05) is 22.4 Å². The molecule has 0 saturated heterocycles. The second-order valence-corrected chi connectivity index (χ2v) is 7.47. The highest BCUT2D eigenvalue weighted by molar-refractivity contribution is 7.92. The van der Waals surface area contributed by atoms with Gasteiger partial charge in [0.25, 0.3) is 5.91 Å². The Labute approximate surface area is 147 Å². The summed E-state index contributed by atoms with van der Waals surface area (Å²) in [6.07, 6.45) is 1.14. The summed E-state index contributed by atoms with van der Waals surface area (Å²) in [5.74, 6) is -0.421. The molecule has 0 atom stereocenters. The summed E-state index contributed by atoms with van der Waals surface area (Å²) >= 11 is 0. The smallest absolute Gasteiger partial charge is 0.255 e. The van der Waals surface area contributed by atoms with Crippen molar-refractivity contribution in [3.8, 4) is 0 Å². The van der Waals surface area contributed by atoms with Gasteiger partial charge in [0.1, 0.15) is 0 Å². The summed E-state index contributed by atoms with van der Waals surface area (Å²) in [5.41, 5.74) is 1.93. The Kier molecular flexibility index (Phi) is 5.58. The molecule has 0 aliphatic rings. The van der Waals surface area contributed by atoms with Crippen LogP contribution in [-0.2, 0) is 10.0 Å². The predicted octanol–water partition coefficient (Wildman–Crippen LogP) is 2.93. The Morgan fingerprint density at radius 1 is 1.04 bits per heavy atom. The maximum absolute atomic E-state index is 12.3. The number of sulfonamides is 1. The summed E-state index contributed by atoms with van der Waals surface area (Å²) in [4.78, 5) is 23.7. The number of Topliss-reactive ketones (excluding diaryl/α,β-unsaturated/α-hetero) is 1. The highest BCUT2D eigenvalue weighted by Crippen LogP contribution is 2.19. The quantitative estimate of drug-likeness (QED) is 0.803. The zero-order valence-electron chi connectivity index (χ0n) is 14.3. The molecule has 1 N–H and O–H groups in total. The van der Waals surface area contributed by atoms with Crippen molar-refractivity contribution < 1.29 is 18.0 Å². The third kappa shape index (κ3) is 4.67. The lowest BCUT2D eigenvalue weighted by Crippen LogP contribution is -2.29. The molecular weight excluding hydrogens is 340 g/mol. The van der Waals surface area contributed by atoms with Crippen LogP contribution < -0.4 is 9.62 Å². The van der Waals surface area contributed by atoms with Gasteiger partial charge in [-0.2, -0.15) is 0 Å². The van der Waals surface area contributed by atoms with Crippen LogP contribution in [-0.4, -0.2) is 32.9 Å². The molecule has 0 aromatic heterocycles. The van der Waals surface area contributed by atoms with Gasteiger partial charge in [-0.05, 0) is 50.2 Å². The molecule has 0 bridgehead atoms. The maximum atomic E-state index is 12.3. The van der Waals surface area contributed by atoms with E-state index in [1.165, 1.54) is 11.2 Å². The first kappa shape index (κ1) is 18.7. The van der Waals surface area contributed by atoms with Gasteiger partial charge in [0.15, 0.2) is 5.78 Å². The van der Waals surface area contributed by atoms with Crippen LogP contribution in [0.5, 0.6) is 0 Å². The lowest BCUT2D eigenvalue weighted by Gasteiger charge is -2.20. The Bertz CT molecular complexity index is 890. The van der Waals surface area contributed by atoms with Crippen LogP contribution in [0.4, 0.5) is 11.4 Å². The summed E-state index contributed by atoms with van der Waals surface area (Å²) in [7, 11) is -3.36. The first-order valence-electron chi connectivity index (χ1n) is 7.72. The maximum Gasteiger partial charge on any atom is 0.255 e. The van der Waals surface area contributed by atoms with E-state index in [0.717, 1.165) is 6.26 Å². The zero-order chi connectivity index (χ0) is 18.6. The van der Waals surface area contributed by atoms with Crippen molar-refractivity contribution in [1.29, 1.82) is 0 Å². The Balaban J connectivity index is 2.18. The van der Waals surface area contributed by atoms with Crippen LogP contribution in [0.25, 0.3) is 0 Å². The van der Waals surface area contributed by atoms with E-state index in [4.69, 9.17) is 0 Å². The number of carbonyl (C=O) groups excluding carboxylic acids is 2. The topological polar surface area (TPSA) is 83.6 Å². The zero-order valence-corrected chi connectivity index (χ0v) is 15.1. The average Bonchev–Trinajstić information content (AvgIpc) is 2.55. The largest absolute Gasteiger partial charge is 0.322 e. The van der Waals surface area contributed by atoms with Crippen LogP contribution in [0.2, 0.25) is 0 Å². The van der Waals surface area contributed by atoms with E-state index in [0.29, 0.717) is 29.0 Å². The average molecular weight is 360 g/mol. The number of hydrogen-bond donors (Lipinski definition) is 1. The highest BCUT2D eigenvalue weighted by Gasteiger charge is 2.15. The minimum atomic E-state index is -3.36. The third-order valence-electron chi connectivity index (χ3n) is 3.63. The number of amides is 1. The second-order valence-electron chi connectivity index (χ2n) is 5.57. The monoisotopic (exact) mass is 360 g/mol. The van der Waals surface area contributed by atoms with Crippen LogP contribution in [0.15, 0.2) is 48.5 Å². The molecule has 2 rings (SSSR count). The van der Waals surface area contributed by atoms with Gasteiger partial charge < -0.3 is 5.32 Å². The summed E-state index contributed by atoms with van der Waals surface area (Å²) in [6.45, 7) is 3.51. The lowest BCUT2D eigenvalue weighted by atomic mass is 10.1. The number of nitrogens with zero attached hydrogens (tertiary/aromatic N) is 1. The molecule has 132 valence electrons. The van der Waals surface area contributed by atoms with Crippen molar-refractivity contribution >= 4 is 33.1 Å². The van der Waals surface area contributed by atoms with Crippen LogP contribution in [0.3, 0.4) is 0 Å². The fraction of sp³-hybridized carbons (Fsp3) is 0.222. The number of rotatable bonds is 6. The van der Waals surface area contributed by atoms with Crippen molar-refractivity contribution in [3.63, 3.8) is 0 Å². The van der Waals surface area contributed by atoms with E-state index >= 15 is 0 Å². The fourth-order valence-corrected chi connectivity index (χ4v) is 3.38. The Morgan fingerprint density at radius 3 is 2.20 bits per heavy atom. The van der Waals surface area contributed by atoms with E-state index in [2.05, 4.69) is 5.32 Å². The number of benzene rings is 2. The Morgan fingerprint density at radius 2 is 1.68 bits per heavy atom. The number of nitrogens with one attached hydrogen (secondary N) is 1. The minimum Gasteiger partial charge on any atom is -0.322 e. The SMILES string of the molecule is CCN(c1ccc(C(=O)Nc2cccc(C(C)=O)c2)cc1)S(C)(=O)=O. The first-order chi connectivity index (χ1) is 11.7. The van der Waals surface area contributed by atoms with Gasteiger partial charge in [-0.15, -0.1) is 0 Å². The summed E-state index contributed by atoms with van der Waals surface area (Å²) in [5, 5.41) is 2.72. The van der Waals surface area contributed by atoms with E-state index in [-0.39, 0.29) is 11.7 Å². The van der Waals surface area contributed by atoms with Crippen LogP contribution in [0, 0.1) is 0 Å². The molecule has 0 aliphatic carbocycles. The van der Waals surface area contributed by atoms with Gasteiger partial charge in [-0.25, -0.2) is 8.42 Å². The molecular formula is C18H20N2O4S. The number of hydrogen-bond acceptors (Lipinski definition) is 4. The van der Waals surface area contributed by atoms with Gasteiger partial charge in [-0.3, -0.25) is 13.9 Å².